The number of allylic oxidation sites excluding steroid dienone is 2. The van der Waals surface area contributed by atoms with Gasteiger partial charge in [0.2, 0.25) is 0 Å². The molecule has 7 rings (SSSR count). The van der Waals surface area contributed by atoms with Gasteiger partial charge in [0.25, 0.3) is 0 Å². The van der Waals surface area contributed by atoms with Gasteiger partial charge in [0, 0.05) is 34.0 Å². The van der Waals surface area contributed by atoms with E-state index in [0.29, 0.717) is 56.2 Å². The molecule has 4 atom stereocenters. The zero-order valence-corrected chi connectivity index (χ0v) is 31.9. The number of benzene rings is 3. The average Bonchev–Trinajstić information content (AvgIpc) is 3.74. The Morgan fingerprint density at radius 3 is 2.48 bits per heavy atom. The smallest absolute Gasteiger partial charge is 0.317 e. The van der Waals surface area contributed by atoms with Gasteiger partial charge in [-0.15, -0.1) is 11.3 Å². The molecule has 1 aromatic heterocycles. The van der Waals surface area contributed by atoms with Crippen molar-refractivity contribution in [2.75, 3.05) is 13.1 Å². The number of nitrogens with zero attached hydrogens (tertiary/aromatic N) is 1. The van der Waals surface area contributed by atoms with Crippen LogP contribution in [0.1, 0.15) is 104 Å². The number of hydrogen-bond acceptors (Lipinski definition) is 5. The molecule has 0 radical (unpaired) electrons. The summed E-state index contributed by atoms with van der Waals surface area (Å²) in [4.78, 5) is 31.7. The van der Waals surface area contributed by atoms with Crippen molar-refractivity contribution in [3.63, 3.8) is 0 Å². The first-order valence-corrected chi connectivity index (χ1v) is 19.8. The molecule has 1 saturated carbocycles. The molecule has 0 aliphatic heterocycles. The van der Waals surface area contributed by atoms with Crippen LogP contribution in [0.15, 0.2) is 102 Å². The van der Waals surface area contributed by atoms with E-state index in [4.69, 9.17) is 0 Å². The predicted molar refractivity (Wildman–Crippen MR) is 212 cm³/mol. The maximum absolute atomic E-state index is 14.9. The molecule has 274 valence electrons. The molecular formula is C45H54N2O4S. The molecule has 0 unspecified atom stereocenters. The third kappa shape index (κ3) is 8.27. The van der Waals surface area contributed by atoms with Crippen molar-refractivity contribution >= 4 is 23.2 Å². The van der Waals surface area contributed by atoms with Crippen LogP contribution in [0.5, 0.6) is 0 Å². The first-order valence-electron chi connectivity index (χ1n) is 18.9. The van der Waals surface area contributed by atoms with Crippen LogP contribution < -0.4 is 5.32 Å². The molecule has 3 aromatic carbocycles. The van der Waals surface area contributed by atoms with Crippen molar-refractivity contribution in [2.24, 2.45) is 5.41 Å². The average molecular weight is 719 g/mol. The number of carbonyl (C=O) groups is 2. The number of hydrogen-bond donors (Lipinski definition) is 3. The van der Waals surface area contributed by atoms with Gasteiger partial charge in [-0.1, -0.05) is 91.4 Å². The van der Waals surface area contributed by atoms with Crippen LogP contribution in [0, 0.1) is 5.41 Å². The van der Waals surface area contributed by atoms with Crippen LogP contribution in [-0.2, 0) is 12.8 Å². The Morgan fingerprint density at radius 2 is 1.73 bits per heavy atom. The Bertz CT molecular complexity index is 1870. The summed E-state index contributed by atoms with van der Waals surface area (Å²) in [5.74, 6) is -0.191. The molecule has 2 bridgehead atoms. The van der Waals surface area contributed by atoms with E-state index in [0.717, 1.165) is 35.1 Å². The Morgan fingerprint density at radius 1 is 0.962 bits per heavy atom. The highest BCUT2D eigenvalue weighted by molar-refractivity contribution is 7.09. The fourth-order valence-electron chi connectivity index (χ4n) is 8.50. The summed E-state index contributed by atoms with van der Waals surface area (Å²) >= 11 is 1.68. The Hall–Kier alpha value is -4.04. The SMILES string of the molecule is CC1=CCC[C@@]2(C)[C@@H](CC[C@@]2(O)CN(CCc2cccs2)C(=O)NC(C)C)c2ccc(cc2C(=O)c2ccccc2-c2ccccc2)C[C@@H](O)CC1. The lowest BCUT2D eigenvalue weighted by Crippen LogP contribution is -2.56. The number of thiophene rings is 1. The van der Waals surface area contributed by atoms with Crippen LogP contribution in [0.25, 0.3) is 11.1 Å². The zero-order valence-electron chi connectivity index (χ0n) is 31.1. The van der Waals surface area contributed by atoms with Crippen LogP contribution in [0.3, 0.4) is 0 Å². The minimum atomic E-state index is -1.20. The normalized spacial score (nSPS) is 23.5. The third-order valence-electron chi connectivity index (χ3n) is 11.5. The molecule has 3 aliphatic rings. The Kier molecular flexibility index (Phi) is 11.8. The van der Waals surface area contributed by atoms with Crippen LogP contribution >= 0.6 is 11.3 Å². The fourth-order valence-corrected chi connectivity index (χ4v) is 9.20. The summed E-state index contributed by atoms with van der Waals surface area (Å²) in [5.41, 5.74) is 4.36. The lowest BCUT2D eigenvalue weighted by atomic mass is 9.64. The number of carbonyl (C=O) groups excluding carboxylic acids is 2. The molecule has 6 nitrogen and oxygen atoms in total. The van der Waals surface area contributed by atoms with Gasteiger partial charge in [-0.05, 0) is 118 Å². The number of amides is 2. The lowest BCUT2D eigenvalue weighted by Gasteiger charge is -2.46. The van der Waals surface area contributed by atoms with Gasteiger partial charge < -0.3 is 20.4 Å². The van der Waals surface area contributed by atoms with E-state index in [1.165, 1.54) is 10.5 Å². The molecule has 3 N–H and O–H groups in total. The topological polar surface area (TPSA) is 89.9 Å². The number of fused-ring (bicyclic) bond motifs is 8. The highest BCUT2D eigenvalue weighted by Gasteiger charge is 2.57. The van der Waals surface area contributed by atoms with Gasteiger partial charge in [-0.3, -0.25) is 4.79 Å². The van der Waals surface area contributed by atoms with Gasteiger partial charge in [0.05, 0.1) is 18.2 Å². The van der Waals surface area contributed by atoms with Crippen LogP contribution in [0.2, 0.25) is 0 Å². The molecule has 4 aromatic rings. The van der Waals surface area contributed by atoms with E-state index in [2.05, 4.69) is 48.8 Å². The second-order valence-corrected chi connectivity index (χ2v) is 16.6. The number of rotatable bonds is 9. The second kappa shape index (κ2) is 16.3. The van der Waals surface area contributed by atoms with Gasteiger partial charge in [-0.25, -0.2) is 4.79 Å². The van der Waals surface area contributed by atoms with E-state index in [1.807, 2.05) is 85.5 Å². The summed E-state index contributed by atoms with van der Waals surface area (Å²) in [6, 6.07) is 27.9. The predicted octanol–water partition coefficient (Wildman–Crippen LogP) is 9.35. The van der Waals surface area contributed by atoms with E-state index in [9.17, 15) is 19.8 Å². The van der Waals surface area contributed by atoms with Crippen molar-refractivity contribution in [2.45, 2.75) is 103 Å². The molecule has 0 saturated heterocycles. The van der Waals surface area contributed by atoms with Gasteiger partial charge in [-0.2, -0.15) is 0 Å². The number of nitrogens with one attached hydrogen (secondary N) is 1. The monoisotopic (exact) mass is 718 g/mol. The summed E-state index contributed by atoms with van der Waals surface area (Å²) < 4.78 is 0. The Labute approximate surface area is 313 Å². The second-order valence-electron chi connectivity index (χ2n) is 15.5. The van der Waals surface area contributed by atoms with Crippen LogP contribution in [-0.4, -0.2) is 57.8 Å². The molecule has 1 heterocycles. The largest absolute Gasteiger partial charge is 0.393 e. The molecule has 52 heavy (non-hydrogen) atoms. The third-order valence-corrected chi connectivity index (χ3v) is 12.5. The number of aliphatic hydroxyl groups excluding tert-OH is 1. The molecule has 1 fully saturated rings. The molecule has 7 heteroatoms. The molecular weight excluding hydrogens is 665 g/mol. The first kappa shape index (κ1) is 37.7. The van der Waals surface area contributed by atoms with E-state index in [-0.39, 0.29) is 30.3 Å². The summed E-state index contributed by atoms with van der Waals surface area (Å²) in [6.07, 6.45) is 6.97. The molecule has 2 amide bonds. The summed E-state index contributed by atoms with van der Waals surface area (Å²) in [6.45, 7) is 8.92. The van der Waals surface area contributed by atoms with E-state index < -0.39 is 17.1 Å². The molecule has 0 spiro atoms. The maximum Gasteiger partial charge on any atom is 0.317 e. The Balaban J connectivity index is 1.44. The highest BCUT2D eigenvalue weighted by atomic mass is 32.1. The van der Waals surface area contributed by atoms with Gasteiger partial charge in [0.1, 0.15) is 0 Å². The quantitative estimate of drug-likeness (QED) is 0.119. The fraction of sp³-hybridized carbons (Fsp3) is 0.422. The van der Waals surface area contributed by atoms with Crippen molar-refractivity contribution in [1.82, 2.24) is 10.2 Å². The summed E-state index contributed by atoms with van der Waals surface area (Å²) in [5, 5.41) is 29.2. The van der Waals surface area contributed by atoms with Crippen LogP contribution in [0.4, 0.5) is 4.79 Å². The van der Waals surface area contributed by atoms with Crippen molar-refractivity contribution < 1.29 is 19.8 Å². The number of urea groups is 1. The maximum atomic E-state index is 14.9. The number of aliphatic hydroxyl groups is 2. The van der Waals surface area contributed by atoms with E-state index >= 15 is 0 Å². The summed E-state index contributed by atoms with van der Waals surface area (Å²) in [7, 11) is 0. The van der Waals surface area contributed by atoms with Crippen molar-refractivity contribution in [1.29, 1.82) is 0 Å². The standard InChI is InChI=1S/C45H54N2O4S/c1-31(2)46-43(50)47(26-23-36-15-11-27-52-36)30-45(51)25-22-41-38-21-19-33(28-35(48)20-18-32(3)12-10-24-44(41,45)4)29-40(38)42(49)39-17-9-8-16-37(39)34-13-6-5-7-14-34/h5-9,11-17,19,21,27,29,31,35,41,48,51H,10,18,20,22-26,28,30H2,1-4H3,(H,46,50)/t35-,41-,44-,45+/m0/s1. The highest BCUT2D eigenvalue weighted by Crippen LogP contribution is 2.59. The van der Waals surface area contributed by atoms with Crippen molar-refractivity contribution in [3.8, 4) is 11.1 Å². The first-order chi connectivity index (χ1) is 25.0. The number of ketones is 1. The van der Waals surface area contributed by atoms with Crippen molar-refractivity contribution in [3.05, 3.63) is 129 Å². The zero-order chi connectivity index (χ0) is 36.9. The lowest BCUT2D eigenvalue weighted by molar-refractivity contribution is -0.0769. The van der Waals surface area contributed by atoms with Gasteiger partial charge >= 0.3 is 6.03 Å². The van der Waals surface area contributed by atoms with Gasteiger partial charge in [0.15, 0.2) is 5.78 Å². The minimum absolute atomic E-state index is 0.0369. The van der Waals surface area contributed by atoms with E-state index in [1.54, 1.807) is 11.3 Å². The minimum Gasteiger partial charge on any atom is -0.393 e. The molecule has 3 aliphatic carbocycles.